The van der Waals surface area contributed by atoms with Gasteiger partial charge in [0.2, 0.25) is 10.0 Å². The van der Waals surface area contributed by atoms with Crippen LogP contribution in [0, 0.1) is 0 Å². The van der Waals surface area contributed by atoms with Gasteiger partial charge in [0.05, 0.1) is 4.90 Å². The molecule has 0 aliphatic rings. The van der Waals surface area contributed by atoms with Gasteiger partial charge in [-0.15, -0.1) is 11.3 Å². The Morgan fingerprint density at radius 2 is 1.92 bits per heavy atom. The molecule has 0 unspecified atom stereocenters. The number of imidazole rings is 1. The number of halogens is 1. The van der Waals surface area contributed by atoms with Crippen molar-refractivity contribution in [2.75, 3.05) is 18.4 Å². The lowest BCUT2D eigenvalue weighted by Gasteiger charge is -2.18. The minimum absolute atomic E-state index is 0.120. The number of hydrogen-bond donors (Lipinski definition) is 1. The lowest BCUT2D eigenvalue weighted by Crippen LogP contribution is -2.30. The third-order valence-electron chi connectivity index (χ3n) is 3.89. The van der Waals surface area contributed by atoms with E-state index in [1.54, 1.807) is 36.6 Å². The largest absolute Gasteiger partial charge is 0.321 e. The van der Waals surface area contributed by atoms with Crippen LogP contribution in [-0.2, 0) is 10.0 Å². The molecule has 1 N–H and O–H groups in total. The molecule has 2 aromatic heterocycles. The quantitative estimate of drug-likeness (QED) is 0.673. The number of hydrogen-bond acceptors (Lipinski definition) is 5. The van der Waals surface area contributed by atoms with Crippen LogP contribution in [0.25, 0.3) is 4.96 Å². The molecule has 0 fully saturated rings. The van der Waals surface area contributed by atoms with Crippen LogP contribution in [0.5, 0.6) is 0 Å². The number of thiazole rings is 1. The molecule has 0 atom stereocenters. The summed E-state index contributed by atoms with van der Waals surface area (Å²) in [6, 6.07) is 6.05. The van der Waals surface area contributed by atoms with Gasteiger partial charge in [0.25, 0.3) is 5.91 Å². The number of sulfonamides is 1. The normalized spacial score (nSPS) is 12.0. The average molecular weight is 413 g/mol. The molecule has 10 heteroatoms. The van der Waals surface area contributed by atoms with Crippen molar-refractivity contribution in [1.29, 1.82) is 0 Å². The molecule has 0 bridgehead atoms. The van der Waals surface area contributed by atoms with Crippen molar-refractivity contribution >= 4 is 49.5 Å². The first-order chi connectivity index (χ1) is 12.4. The zero-order valence-corrected chi connectivity index (χ0v) is 16.5. The smallest absolute Gasteiger partial charge is 0.275 e. The van der Waals surface area contributed by atoms with Crippen LogP contribution in [0.15, 0.2) is 40.7 Å². The summed E-state index contributed by atoms with van der Waals surface area (Å²) < 4.78 is 28.0. The number of amides is 1. The number of nitrogens with one attached hydrogen (secondary N) is 1. The lowest BCUT2D eigenvalue weighted by molar-refractivity contribution is 0.102. The Hall–Kier alpha value is -1.94. The molecule has 0 aliphatic carbocycles. The predicted octanol–water partition coefficient (Wildman–Crippen LogP) is 3.33. The van der Waals surface area contributed by atoms with E-state index in [9.17, 15) is 13.2 Å². The summed E-state index contributed by atoms with van der Waals surface area (Å²) in [5.41, 5.74) is 0.706. The molecule has 0 aliphatic heterocycles. The van der Waals surface area contributed by atoms with Gasteiger partial charge in [-0.05, 0) is 24.3 Å². The van der Waals surface area contributed by atoms with E-state index in [0.717, 1.165) is 0 Å². The number of fused-ring (bicyclic) bond motifs is 1. The first kappa shape index (κ1) is 18.8. The summed E-state index contributed by atoms with van der Waals surface area (Å²) in [5, 5.41) is 4.64. The van der Waals surface area contributed by atoms with E-state index >= 15 is 0 Å². The fourth-order valence-electron chi connectivity index (χ4n) is 2.58. The fraction of sp³-hybridized carbons (Fsp3) is 0.250. The molecule has 0 radical (unpaired) electrons. The molecule has 3 aromatic rings. The molecule has 0 saturated heterocycles. The highest BCUT2D eigenvalue weighted by Crippen LogP contribution is 2.23. The van der Waals surface area contributed by atoms with Gasteiger partial charge in [-0.3, -0.25) is 9.20 Å². The molecule has 0 spiro atoms. The van der Waals surface area contributed by atoms with Crippen LogP contribution in [0.3, 0.4) is 0 Å². The van der Waals surface area contributed by atoms with E-state index in [1.807, 2.05) is 5.38 Å². The lowest BCUT2D eigenvalue weighted by atomic mass is 10.3. The van der Waals surface area contributed by atoms with E-state index in [2.05, 4.69) is 10.3 Å². The maximum absolute atomic E-state index is 12.5. The Morgan fingerprint density at radius 1 is 1.27 bits per heavy atom. The summed E-state index contributed by atoms with van der Waals surface area (Å²) >= 11 is 7.42. The Balaban J connectivity index is 1.82. The number of aromatic nitrogens is 2. The predicted molar refractivity (Wildman–Crippen MR) is 103 cm³/mol. The topological polar surface area (TPSA) is 83.8 Å². The minimum Gasteiger partial charge on any atom is -0.321 e. The Morgan fingerprint density at radius 3 is 2.54 bits per heavy atom. The van der Waals surface area contributed by atoms with Crippen molar-refractivity contribution in [1.82, 2.24) is 13.7 Å². The van der Waals surface area contributed by atoms with E-state index in [4.69, 9.17) is 11.6 Å². The van der Waals surface area contributed by atoms with E-state index < -0.39 is 15.9 Å². The monoisotopic (exact) mass is 412 g/mol. The summed E-state index contributed by atoms with van der Waals surface area (Å²) in [7, 11) is -3.53. The minimum atomic E-state index is -3.53. The van der Waals surface area contributed by atoms with Crippen molar-refractivity contribution < 1.29 is 13.2 Å². The van der Waals surface area contributed by atoms with Crippen LogP contribution in [0.1, 0.15) is 24.3 Å². The second-order valence-corrected chi connectivity index (χ2v) is 8.54. The van der Waals surface area contributed by atoms with E-state index in [-0.39, 0.29) is 15.7 Å². The number of nitrogens with zero attached hydrogens (tertiary/aromatic N) is 3. The van der Waals surface area contributed by atoms with E-state index in [1.165, 1.54) is 27.8 Å². The van der Waals surface area contributed by atoms with E-state index in [0.29, 0.717) is 23.7 Å². The van der Waals surface area contributed by atoms with Crippen molar-refractivity contribution in [3.05, 3.63) is 46.7 Å². The SMILES string of the molecule is CCN(CC)S(=O)(=O)c1ccc(NC(=O)c2c(Cl)nc3sccn23)cc1. The number of carbonyl (C=O) groups is 1. The van der Waals surface area contributed by atoms with Gasteiger partial charge in [-0.2, -0.15) is 4.31 Å². The molecular weight excluding hydrogens is 396 g/mol. The number of benzene rings is 1. The molecule has 1 aromatic carbocycles. The summed E-state index contributed by atoms with van der Waals surface area (Å²) in [4.78, 5) is 17.4. The van der Waals surface area contributed by atoms with Gasteiger partial charge in [-0.25, -0.2) is 13.4 Å². The van der Waals surface area contributed by atoms with Gasteiger partial charge < -0.3 is 5.32 Å². The van der Waals surface area contributed by atoms with Crippen LogP contribution < -0.4 is 5.32 Å². The second-order valence-electron chi connectivity index (χ2n) is 5.37. The van der Waals surface area contributed by atoms with Gasteiger partial charge in [0, 0.05) is 30.4 Å². The zero-order chi connectivity index (χ0) is 18.9. The Bertz CT molecular complexity index is 1040. The molecule has 138 valence electrons. The number of anilines is 1. The highest BCUT2D eigenvalue weighted by Gasteiger charge is 2.22. The Labute approximate surface area is 160 Å². The molecule has 3 rings (SSSR count). The summed E-state index contributed by atoms with van der Waals surface area (Å²) in [6.07, 6.45) is 1.72. The number of rotatable bonds is 6. The zero-order valence-electron chi connectivity index (χ0n) is 14.1. The van der Waals surface area contributed by atoms with Crippen molar-refractivity contribution in [2.45, 2.75) is 18.7 Å². The molecular formula is C16H17ClN4O3S2. The molecule has 2 heterocycles. The molecule has 1 amide bonds. The number of carbonyl (C=O) groups excluding carboxylic acids is 1. The van der Waals surface area contributed by atoms with Crippen molar-refractivity contribution in [2.24, 2.45) is 0 Å². The van der Waals surface area contributed by atoms with Crippen LogP contribution in [0.4, 0.5) is 5.69 Å². The Kier molecular flexibility index (Phi) is 5.33. The third-order valence-corrected chi connectivity index (χ3v) is 6.97. The third kappa shape index (κ3) is 3.35. The molecule has 26 heavy (non-hydrogen) atoms. The maximum atomic E-state index is 12.5. The summed E-state index contributed by atoms with van der Waals surface area (Å²) in [5.74, 6) is -0.416. The molecule has 7 nitrogen and oxygen atoms in total. The first-order valence-corrected chi connectivity index (χ1v) is 10.6. The van der Waals surface area contributed by atoms with Crippen LogP contribution in [-0.4, -0.2) is 41.1 Å². The first-order valence-electron chi connectivity index (χ1n) is 7.91. The highest BCUT2D eigenvalue weighted by molar-refractivity contribution is 7.89. The van der Waals surface area contributed by atoms with Gasteiger partial charge in [0.15, 0.2) is 15.8 Å². The van der Waals surface area contributed by atoms with Gasteiger partial charge in [0.1, 0.15) is 0 Å². The van der Waals surface area contributed by atoms with Gasteiger partial charge >= 0.3 is 0 Å². The fourth-order valence-corrected chi connectivity index (χ4v) is 5.05. The van der Waals surface area contributed by atoms with Crippen LogP contribution >= 0.6 is 22.9 Å². The maximum Gasteiger partial charge on any atom is 0.275 e. The molecule has 0 saturated carbocycles. The van der Waals surface area contributed by atoms with Gasteiger partial charge in [-0.1, -0.05) is 25.4 Å². The average Bonchev–Trinajstić information content (AvgIpc) is 3.15. The summed E-state index contributed by atoms with van der Waals surface area (Å²) in [6.45, 7) is 4.37. The highest BCUT2D eigenvalue weighted by atomic mass is 35.5. The van der Waals surface area contributed by atoms with Crippen LogP contribution in [0.2, 0.25) is 5.15 Å². The standard InChI is InChI=1S/C16H17ClN4O3S2/c1-3-20(4-2)26(23,24)12-7-5-11(6-8-12)18-15(22)13-14(17)19-16-21(13)9-10-25-16/h5-10H,3-4H2,1-2H3,(H,18,22). The van der Waals surface area contributed by atoms with Crippen molar-refractivity contribution in [3.63, 3.8) is 0 Å². The second kappa shape index (κ2) is 7.36. The van der Waals surface area contributed by atoms with Crippen molar-refractivity contribution in [3.8, 4) is 0 Å².